The van der Waals surface area contributed by atoms with Crippen LogP contribution in [0.25, 0.3) is 0 Å². The number of nitrogens with zero attached hydrogens (tertiary/aromatic N) is 1. The molecule has 1 aliphatic heterocycles. The van der Waals surface area contributed by atoms with E-state index in [1.807, 2.05) is 4.90 Å². The number of piperidine rings is 1. The number of nitrogens with two attached hydrogens (primary N) is 1. The van der Waals surface area contributed by atoms with Crippen molar-refractivity contribution in [3.8, 4) is 0 Å². The molecule has 1 saturated heterocycles. The van der Waals surface area contributed by atoms with Crippen LogP contribution in [-0.4, -0.2) is 29.9 Å². The molecule has 2 aliphatic rings. The van der Waals surface area contributed by atoms with E-state index in [-0.39, 0.29) is 11.9 Å². The van der Waals surface area contributed by atoms with Crippen molar-refractivity contribution in [1.82, 2.24) is 4.90 Å². The second-order valence-corrected chi connectivity index (χ2v) is 3.98. The van der Waals surface area contributed by atoms with Crippen LogP contribution in [0.1, 0.15) is 25.7 Å². The van der Waals surface area contributed by atoms with Gasteiger partial charge >= 0.3 is 0 Å². The van der Waals surface area contributed by atoms with Gasteiger partial charge in [0, 0.05) is 13.1 Å². The van der Waals surface area contributed by atoms with Crippen molar-refractivity contribution in [3.05, 3.63) is 0 Å². The van der Waals surface area contributed by atoms with E-state index in [0.29, 0.717) is 0 Å². The fraction of sp³-hybridized carbons (Fsp3) is 0.889. The fourth-order valence-electron chi connectivity index (χ4n) is 1.76. The summed E-state index contributed by atoms with van der Waals surface area (Å²) in [6.07, 6.45) is 4.57. The van der Waals surface area contributed by atoms with Crippen LogP contribution in [0.15, 0.2) is 0 Å². The Morgan fingerprint density at radius 3 is 2.83 bits per heavy atom. The van der Waals surface area contributed by atoms with Crippen LogP contribution < -0.4 is 5.73 Å². The Morgan fingerprint density at radius 2 is 2.17 bits per heavy atom. The molecule has 2 N–H and O–H groups in total. The third-order valence-electron chi connectivity index (χ3n) is 2.75. The van der Waals surface area contributed by atoms with Crippen LogP contribution in [-0.2, 0) is 4.79 Å². The van der Waals surface area contributed by atoms with Gasteiger partial charge in [0.1, 0.15) is 0 Å². The highest BCUT2D eigenvalue weighted by atomic mass is 16.2. The Hall–Kier alpha value is -0.570. The van der Waals surface area contributed by atoms with Gasteiger partial charge in [-0.05, 0) is 31.6 Å². The van der Waals surface area contributed by atoms with Crippen LogP contribution in [0.2, 0.25) is 0 Å². The molecule has 1 atom stereocenters. The van der Waals surface area contributed by atoms with Crippen molar-refractivity contribution in [1.29, 1.82) is 0 Å². The molecule has 0 bridgehead atoms. The maximum absolute atomic E-state index is 11.5. The predicted molar refractivity (Wildman–Crippen MR) is 46.5 cm³/mol. The number of hydrogen-bond acceptors (Lipinski definition) is 2. The van der Waals surface area contributed by atoms with Gasteiger partial charge in [0.25, 0.3) is 0 Å². The van der Waals surface area contributed by atoms with Gasteiger partial charge < -0.3 is 10.6 Å². The highest BCUT2D eigenvalue weighted by molar-refractivity contribution is 5.82. The molecule has 1 aliphatic carbocycles. The largest absolute Gasteiger partial charge is 0.341 e. The molecule has 2 rings (SSSR count). The summed E-state index contributed by atoms with van der Waals surface area (Å²) in [6, 6.07) is -0.211. The standard InChI is InChI=1S/C9H16N2O/c10-8-2-1-5-11(9(8)12)6-7-3-4-7/h7-8H,1-6,10H2. The molecule has 0 aromatic carbocycles. The number of carbonyl (C=O) groups excluding carboxylic acids is 1. The molecule has 2 fully saturated rings. The molecule has 1 amide bonds. The molecule has 1 heterocycles. The SMILES string of the molecule is NC1CCCN(CC2CC2)C1=O. The fourth-order valence-corrected chi connectivity index (χ4v) is 1.76. The molecule has 0 spiro atoms. The lowest BCUT2D eigenvalue weighted by Gasteiger charge is -2.30. The predicted octanol–water partition coefficient (Wildman–Crippen LogP) is 0.346. The van der Waals surface area contributed by atoms with Gasteiger partial charge in [-0.25, -0.2) is 0 Å². The summed E-state index contributed by atoms with van der Waals surface area (Å²) >= 11 is 0. The number of hydrogen-bond donors (Lipinski definition) is 1. The topological polar surface area (TPSA) is 46.3 Å². The van der Waals surface area contributed by atoms with Gasteiger partial charge in [0.05, 0.1) is 6.04 Å². The van der Waals surface area contributed by atoms with E-state index in [1.54, 1.807) is 0 Å². The maximum Gasteiger partial charge on any atom is 0.239 e. The molecule has 0 aromatic heterocycles. The van der Waals surface area contributed by atoms with Crippen LogP contribution in [0.4, 0.5) is 0 Å². The second-order valence-electron chi connectivity index (χ2n) is 3.98. The summed E-state index contributed by atoms with van der Waals surface area (Å²) < 4.78 is 0. The zero-order valence-electron chi connectivity index (χ0n) is 7.33. The highest BCUT2D eigenvalue weighted by Gasteiger charge is 2.30. The zero-order valence-corrected chi connectivity index (χ0v) is 7.33. The van der Waals surface area contributed by atoms with E-state index in [0.717, 1.165) is 31.8 Å². The smallest absolute Gasteiger partial charge is 0.239 e. The van der Waals surface area contributed by atoms with Crippen LogP contribution >= 0.6 is 0 Å². The monoisotopic (exact) mass is 168 g/mol. The first-order valence-electron chi connectivity index (χ1n) is 4.82. The normalized spacial score (nSPS) is 30.9. The summed E-state index contributed by atoms with van der Waals surface area (Å²) in [4.78, 5) is 13.4. The van der Waals surface area contributed by atoms with Crippen molar-refractivity contribution in [2.75, 3.05) is 13.1 Å². The maximum atomic E-state index is 11.5. The van der Waals surface area contributed by atoms with E-state index in [2.05, 4.69) is 0 Å². The quantitative estimate of drug-likeness (QED) is 0.646. The van der Waals surface area contributed by atoms with Crippen LogP contribution in [0, 0.1) is 5.92 Å². The lowest BCUT2D eigenvalue weighted by atomic mass is 10.1. The summed E-state index contributed by atoms with van der Waals surface area (Å²) in [5, 5.41) is 0. The van der Waals surface area contributed by atoms with Crippen molar-refractivity contribution in [3.63, 3.8) is 0 Å². The van der Waals surface area contributed by atoms with E-state index in [9.17, 15) is 4.79 Å². The number of likely N-dealkylation sites (tertiary alicyclic amines) is 1. The van der Waals surface area contributed by atoms with E-state index in [4.69, 9.17) is 5.73 Å². The first-order chi connectivity index (χ1) is 5.77. The average Bonchev–Trinajstić information content (AvgIpc) is 2.83. The molecule has 3 heteroatoms. The highest BCUT2D eigenvalue weighted by Crippen LogP contribution is 2.30. The van der Waals surface area contributed by atoms with Gasteiger partial charge in [-0.3, -0.25) is 4.79 Å². The number of amides is 1. The molecule has 3 nitrogen and oxygen atoms in total. The Kier molecular flexibility index (Phi) is 2.05. The summed E-state index contributed by atoms with van der Waals surface area (Å²) in [5.41, 5.74) is 5.67. The lowest BCUT2D eigenvalue weighted by Crippen LogP contribution is -2.48. The molecule has 0 aromatic rings. The van der Waals surface area contributed by atoms with Crippen molar-refractivity contribution in [2.45, 2.75) is 31.7 Å². The van der Waals surface area contributed by atoms with E-state index < -0.39 is 0 Å². The minimum absolute atomic E-state index is 0.174. The number of carbonyl (C=O) groups is 1. The Bertz CT molecular complexity index is 189. The summed E-state index contributed by atoms with van der Waals surface area (Å²) in [5.74, 6) is 0.965. The van der Waals surface area contributed by atoms with Gasteiger partial charge in [-0.15, -0.1) is 0 Å². The van der Waals surface area contributed by atoms with Gasteiger partial charge in [0.2, 0.25) is 5.91 Å². The van der Waals surface area contributed by atoms with Crippen molar-refractivity contribution < 1.29 is 4.79 Å². The van der Waals surface area contributed by atoms with Crippen LogP contribution in [0.3, 0.4) is 0 Å². The molecular formula is C9H16N2O. The molecule has 1 unspecified atom stereocenters. The lowest BCUT2D eigenvalue weighted by molar-refractivity contribution is -0.135. The Balaban J connectivity index is 1.89. The van der Waals surface area contributed by atoms with Gasteiger partial charge in [-0.1, -0.05) is 0 Å². The van der Waals surface area contributed by atoms with Gasteiger partial charge in [0.15, 0.2) is 0 Å². The second kappa shape index (κ2) is 3.05. The average molecular weight is 168 g/mol. The first-order valence-corrected chi connectivity index (χ1v) is 4.82. The van der Waals surface area contributed by atoms with Gasteiger partial charge in [-0.2, -0.15) is 0 Å². The number of rotatable bonds is 2. The minimum atomic E-state index is -0.211. The van der Waals surface area contributed by atoms with E-state index in [1.165, 1.54) is 12.8 Å². The summed E-state index contributed by atoms with van der Waals surface area (Å²) in [7, 11) is 0. The first kappa shape index (κ1) is 8.05. The Morgan fingerprint density at radius 1 is 1.42 bits per heavy atom. The third-order valence-corrected chi connectivity index (χ3v) is 2.75. The molecular weight excluding hydrogens is 152 g/mol. The minimum Gasteiger partial charge on any atom is -0.341 e. The van der Waals surface area contributed by atoms with E-state index >= 15 is 0 Å². The zero-order chi connectivity index (χ0) is 8.55. The van der Waals surface area contributed by atoms with Crippen molar-refractivity contribution >= 4 is 5.91 Å². The Labute approximate surface area is 72.9 Å². The molecule has 12 heavy (non-hydrogen) atoms. The molecule has 1 saturated carbocycles. The summed E-state index contributed by atoms with van der Waals surface area (Å²) in [6.45, 7) is 1.90. The molecule has 68 valence electrons. The molecule has 0 radical (unpaired) electrons. The third kappa shape index (κ3) is 1.61. The van der Waals surface area contributed by atoms with Crippen molar-refractivity contribution in [2.24, 2.45) is 11.7 Å². The van der Waals surface area contributed by atoms with Crippen LogP contribution in [0.5, 0.6) is 0 Å².